The first-order valence-corrected chi connectivity index (χ1v) is 5.30. The van der Waals surface area contributed by atoms with E-state index in [1.54, 1.807) is 0 Å². The maximum atomic E-state index is 5.74. The zero-order valence-corrected chi connectivity index (χ0v) is 8.66. The van der Waals surface area contributed by atoms with Gasteiger partial charge in [-0.1, -0.05) is 19.9 Å². The Morgan fingerprint density at radius 1 is 1.58 bits per heavy atom. The van der Waals surface area contributed by atoms with Gasteiger partial charge in [0.1, 0.15) is 0 Å². The molecule has 0 aliphatic rings. The van der Waals surface area contributed by atoms with Gasteiger partial charge in [0, 0.05) is 4.88 Å². The number of nitrogens with two attached hydrogens (primary N) is 1. The highest BCUT2D eigenvalue weighted by Gasteiger charge is 2.20. The molecule has 0 aromatic carbocycles. The van der Waals surface area contributed by atoms with Crippen molar-refractivity contribution in [3.05, 3.63) is 22.4 Å². The Balaban J connectivity index is 2.60. The molecule has 1 nitrogen and oxygen atoms in total. The summed E-state index contributed by atoms with van der Waals surface area (Å²) in [5.74, 6) is 0. The molecule has 0 spiro atoms. The van der Waals surface area contributed by atoms with E-state index in [0.717, 1.165) is 19.4 Å². The molecule has 2 N–H and O–H groups in total. The Morgan fingerprint density at radius 3 is 2.75 bits per heavy atom. The number of thiophene rings is 1. The summed E-state index contributed by atoms with van der Waals surface area (Å²) in [6, 6.07) is 4.29. The molecule has 0 saturated carbocycles. The van der Waals surface area contributed by atoms with Crippen LogP contribution in [0.25, 0.3) is 0 Å². The van der Waals surface area contributed by atoms with E-state index in [1.807, 2.05) is 11.3 Å². The molecule has 0 amide bonds. The van der Waals surface area contributed by atoms with Crippen molar-refractivity contribution in [1.29, 1.82) is 0 Å². The normalized spacial score (nSPS) is 15.9. The summed E-state index contributed by atoms with van der Waals surface area (Å²) in [5.41, 5.74) is 6.04. The molecule has 0 saturated heterocycles. The first-order chi connectivity index (χ1) is 5.70. The van der Waals surface area contributed by atoms with Crippen molar-refractivity contribution in [1.82, 2.24) is 0 Å². The van der Waals surface area contributed by atoms with Crippen LogP contribution in [-0.2, 0) is 6.42 Å². The lowest BCUT2D eigenvalue weighted by atomic mass is 9.84. The highest BCUT2D eigenvalue weighted by atomic mass is 32.1. The van der Waals surface area contributed by atoms with Gasteiger partial charge in [-0.25, -0.2) is 0 Å². The quantitative estimate of drug-likeness (QED) is 0.763. The van der Waals surface area contributed by atoms with Crippen LogP contribution < -0.4 is 5.73 Å². The molecule has 0 radical (unpaired) electrons. The summed E-state index contributed by atoms with van der Waals surface area (Å²) in [6.07, 6.45) is 2.28. The van der Waals surface area contributed by atoms with Gasteiger partial charge >= 0.3 is 0 Å². The lowest BCUT2D eigenvalue weighted by Gasteiger charge is -2.25. The summed E-state index contributed by atoms with van der Waals surface area (Å²) < 4.78 is 0. The average molecular weight is 183 g/mol. The zero-order chi connectivity index (χ0) is 9.03. The molecule has 1 heterocycles. The molecule has 0 aliphatic carbocycles. The van der Waals surface area contributed by atoms with E-state index in [2.05, 4.69) is 31.4 Å². The topological polar surface area (TPSA) is 26.0 Å². The van der Waals surface area contributed by atoms with Crippen molar-refractivity contribution in [2.24, 2.45) is 11.1 Å². The van der Waals surface area contributed by atoms with Crippen LogP contribution in [0.3, 0.4) is 0 Å². The van der Waals surface area contributed by atoms with Crippen molar-refractivity contribution >= 4 is 11.3 Å². The summed E-state index contributed by atoms with van der Waals surface area (Å²) in [4.78, 5) is 1.45. The van der Waals surface area contributed by atoms with Crippen LogP contribution in [0.4, 0.5) is 0 Å². The van der Waals surface area contributed by atoms with Crippen molar-refractivity contribution in [3.63, 3.8) is 0 Å². The van der Waals surface area contributed by atoms with Crippen LogP contribution in [-0.4, -0.2) is 6.54 Å². The molecule has 1 atom stereocenters. The third kappa shape index (κ3) is 2.32. The molecule has 0 fully saturated rings. The van der Waals surface area contributed by atoms with Gasteiger partial charge in [0.05, 0.1) is 0 Å². The average Bonchev–Trinajstić information content (AvgIpc) is 2.57. The molecule has 1 unspecified atom stereocenters. The highest BCUT2D eigenvalue weighted by molar-refractivity contribution is 7.09. The van der Waals surface area contributed by atoms with Gasteiger partial charge in [0.25, 0.3) is 0 Å². The van der Waals surface area contributed by atoms with E-state index in [9.17, 15) is 0 Å². The first-order valence-electron chi connectivity index (χ1n) is 4.42. The van der Waals surface area contributed by atoms with Crippen molar-refractivity contribution < 1.29 is 0 Å². The monoisotopic (exact) mass is 183 g/mol. The predicted octanol–water partition coefficient (Wildman–Crippen LogP) is 2.67. The third-order valence-corrected chi connectivity index (χ3v) is 3.40. The smallest absolute Gasteiger partial charge is 0.00511 e. The second-order valence-corrected chi connectivity index (χ2v) is 4.66. The maximum absolute atomic E-state index is 5.74. The molecule has 1 aromatic rings. The van der Waals surface area contributed by atoms with E-state index in [-0.39, 0.29) is 0 Å². The second kappa shape index (κ2) is 4.06. The van der Waals surface area contributed by atoms with E-state index in [4.69, 9.17) is 5.73 Å². The molecule has 12 heavy (non-hydrogen) atoms. The van der Waals surface area contributed by atoms with Crippen molar-refractivity contribution in [2.45, 2.75) is 26.7 Å². The molecular formula is C10H17NS. The van der Waals surface area contributed by atoms with Gasteiger partial charge in [-0.2, -0.15) is 0 Å². The number of hydrogen-bond acceptors (Lipinski definition) is 2. The molecule has 68 valence electrons. The maximum Gasteiger partial charge on any atom is 0.00511 e. The molecule has 1 aromatic heterocycles. The van der Waals surface area contributed by atoms with E-state index >= 15 is 0 Å². The van der Waals surface area contributed by atoms with Crippen LogP contribution in [0.2, 0.25) is 0 Å². The van der Waals surface area contributed by atoms with Gasteiger partial charge in [-0.15, -0.1) is 11.3 Å². The van der Waals surface area contributed by atoms with Gasteiger partial charge < -0.3 is 5.73 Å². The van der Waals surface area contributed by atoms with Gasteiger partial charge in [0.15, 0.2) is 0 Å². The molecule has 2 heteroatoms. The lowest BCUT2D eigenvalue weighted by molar-refractivity contribution is 0.323. The van der Waals surface area contributed by atoms with E-state index < -0.39 is 0 Å². The Kier molecular flexibility index (Phi) is 3.29. The first kappa shape index (κ1) is 9.75. The lowest BCUT2D eigenvalue weighted by Crippen LogP contribution is -2.28. The standard InChI is InChI=1S/C10H17NS/c1-3-10(2,8-11)7-9-5-4-6-12-9/h4-6H,3,7-8,11H2,1-2H3. The Morgan fingerprint density at radius 2 is 2.33 bits per heavy atom. The molecular weight excluding hydrogens is 166 g/mol. The number of hydrogen-bond donors (Lipinski definition) is 1. The van der Waals surface area contributed by atoms with Gasteiger partial charge in [0.2, 0.25) is 0 Å². The summed E-state index contributed by atoms with van der Waals surface area (Å²) in [7, 11) is 0. The number of rotatable bonds is 4. The highest BCUT2D eigenvalue weighted by Crippen LogP contribution is 2.26. The molecule has 1 rings (SSSR count). The minimum atomic E-state index is 0.296. The summed E-state index contributed by atoms with van der Waals surface area (Å²) in [6.45, 7) is 5.24. The fourth-order valence-electron chi connectivity index (χ4n) is 1.18. The fraction of sp³-hybridized carbons (Fsp3) is 0.600. The third-order valence-electron chi connectivity index (χ3n) is 2.53. The van der Waals surface area contributed by atoms with Crippen molar-refractivity contribution in [3.8, 4) is 0 Å². The van der Waals surface area contributed by atoms with E-state index in [1.165, 1.54) is 4.88 Å². The second-order valence-electron chi connectivity index (χ2n) is 3.62. The largest absolute Gasteiger partial charge is 0.330 e. The zero-order valence-electron chi connectivity index (χ0n) is 7.84. The fourth-order valence-corrected chi connectivity index (χ4v) is 2.10. The van der Waals surface area contributed by atoms with Gasteiger partial charge in [-0.3, -0.25) is 0 Å². The summed E-state index contributed by atoms with van der Waals surface area (Å²) in [5, 5.41) is 2.13. The molecule has 0 bridgehead atoms. The van der Waals surface area contributed by atoms with Crippen LogP contribution in [0.5, 0.6) is 0 Å². The van der Waals surface area contributed by atoms with Gasteiger partial charge in [-0.05, 0) is 36.2 Å². The minimum Gasteiger partial charge on any atom is -0.330 e. The Bertz CT molecular complexity index is 212. The van der Waals surface area contributed by atoms with Crippen LogP contribution in [0.1, 0.15) is 25.1 Å². The Hall–Kier alpha value is -0.340. The predicted molar refractivity (Wildman–Crippen MR) is 55.5 cm³/mol. The Labute approximate surface area is 78.6 Å². The minimum absolute atomic E-state index is 0.296. The van der Waals surface area contributed by atoms with Crippen molar-refractivity contribution in [2.75, 3.05) is 6.54 Å². The summed E-state index contributed by atoms with van der Waals surface area (Å²) >= 11 is 1.82. The van der Waals surface area contributed by atoms with Crippen LogP contribution >= 0.6 is 11.3 Å². The van der Waals surface area contributed by atoms with E-state index in [0.29, 0.717) is 5.41 Å². The van der Waals surface area contributed by atoms with Crippen LogP contribution in [0, 0.1) is 5.41 Å². The molecule has 0 aliphatic heterocycles. The van der Waals surface area contributed by atoms with Crippen LogP contribution in [0.15, 0.2) is 17.5 Å². The SMILES string of the molecule is CCC(C)(CN)Cc1cccs1.